The normalized spacial score (nSPS) is 19.5. The average Bonchev–Trinajstić information content (AvgIpc) is 3.24. The van der Waals surface area contributed by atoms with Crippen LogP contribution in [0.1, 0.15) is 66.2 Å². The molecule has 3 N–H and O–H groups in total. The molecule has 32 heavy (non-hydrogen) atoms. The molecule has 9 heteroatoms. The van der Waals surface area contributed by atoms with Crippen LogP contribution in [0.5, 0.6) is 0 Å². The largest absolute Gasteiger partial charge is 0.383 e. The van der Waals surface area contributed by atoms with Crippen molar-refractivity contribution in [2.45, 2.75) is 44.4 Å². The SMILES string of the molecule is CC(=O)c1c(C2CCNCC2)nc2c(-c3ccc(C4C=NC(=O)CC4)nc3)cnn2c1N. The highest BCUT2D eigenvalue weighted by atomic mass is 16.1. The number of carbonyl (C=O) groups is 2. The van der Waals surface area contributed by atoms with Crippen molar-refractivity contribution in [1.82, 2.24) is 24.9 Å². The van der Waals surface area contributed by atoms with Gasteiger partial charge in [-0.15, -0.1) is 0 Å². The molecule has 164 valence electrons. The third-order valence-corrected chi connectivity index (χ3v) is 6.33. The molecule has 3 aromatic rings. The van der Waals surface area contributed by atoms with E-state index in [9.17, 15) is 9.59 Å². The molecule has 1 atom stereocenters. The number of nitrogens with one attached hydrogen (secondary N) is 1. The van der Waals surface area contributed by atoms with Gasteiger partial charge in [0.1, 0.15) is 5.82 Å². The number of aliphatic imine (C=N–C) groups is 1. The molecule has 5 heterocycles. The number of aromatic nitrogens is 4. The van der Waals surface area contributed by atoms with E-state index in [1.807, 2.05) is 12.1 Å². The van der Waals surface area contributed by atoms with Crippen LogP contribution in [0.2, 0.25) is 0 Å². The Bertz CT molecular complexity index is 1220. The standard InChI is InChI=1S/C23H25N7O2/c1-13(31)20-21(14-6-8-25-9-7-14)29-23-17(12-28-30(23)22(20)24)15-2-4-18(26-10-15)16-3-5-19(32)27-11-16/h2,4,10-12,14,16,25H,3,5-9,24H2,1H3. The lowest BCUT2D eigenvalue weighted by atomic mass is 9.90. The molecule has 0 aromatic carbocycles. The summed E-state index contributed by atoms with van der Waals surface area (Å²) < 4.78 is 1.55. The van der Waals surface area contributed by atoms with E-state index in [-0.39, 0.29) is 23.5 Å². The molecule has 1 amide bonds. The zero-order valence-corrected chi connectivity index (χ0v) is 17.9. The number of nitrogens with two attached hydrogens (primary N) is 1. The molecule has 1 unspecified atom stereocenters. The predicted molar refractivity (Wildman–Crippen MR) is 121 cm³/mol. The number of hydrogen-bond acceptors (Lipinski definition) is 7. The van der Waals surface area contributed by atoms with E-state index in [0.717, 1.165) is 54.9 Å². The Hall–Kier alpha value is -3.46. The number of nitrogen functional groups attached to an aromatic ring is 1. The molecule has 2 aliphatic heterocycles. The minimum atomic E-state index is -0.0962. The lowest BCUT2D eigenvalue weighted by Gasteiger charge is -2.24. The van der Waals surface area contributed by atoms with Gasteiger partial charge in [0.05, 0.1) is 17.5 Å². The van der Waals surface area contributed by atoms with Gasteiger partial charge in [-0.05, 0) is 45.3 Å². The lowest BCUT2D eigenvalue weighted by molar-refractivity contribution is -0.118. The number of piperidine rings is 1. The van der Waals surface area contributed by atoms with E-state index in [2.05, 4.69) is 20.4 Å². The summed E-state index contributed by atoms with van der Waals surface area (Å²) in [5.41, 5.74) is 10.8. The highest BCUT2D eigenvalue weighted by molar-refractivity contribution is 6.00. The van der Waals surface area contributed by atoms with Crippen molar-refractivity contribution in [2.24, 2.45) is 4.99 Å². The van der Waals surface area contributed by atoms with E-state index in [4.69, 9.17) is 10.7 Å². The van der Waals surface area contributed by atoms with Gasteiger partial charge in [-0.2, -0.15) is 9.61 Å². The van der Waals surface area contributed by atoms with E-state index in [1.54, 1.807) is 23.1 Å². The lowest BCUT2D eigenvalue weighted by Crippen LogP contribution is -2.28. The Kier molecular flexibility index (Phi) is 5.26. The highest BCUT2D eigenvalue weighted by Gasteiger charge is 2.27. The molecule has 5 rings (SSSR count). The Labute approximate surface area is 185 Å². The predicted octanol–water partition coefficient (Wildman–Crippen LogP) is 2.52. The molecule has 2 aliphatic rings. The van der Waals surface area contributed by atoms with Gasteiger partial charge in [0.15, 0.2) is 11.4 Å². The quantitative estimate of drug-likeness (QED) is 0.608. The number of nitrogens with zero attached hydrogens (tertiary/aromatic N) is 5. The number of Topliss-reactive ketones (excluding diaryl/α,β-unsaturated/α-hetero) is 1. The minimum Gasteiger partial charge on any atom is -0.383 e. The monoisotopic (exact) mass is 431 g/mol. The zero-order valence-electron chi connectivity index (χ0n) is 17.9. The number of anilines is 1. The van der Waals surface area contributed by atoms with Crippen LogP contribution in [-0.2, 0) is 4.79 Å². The second kappa shape index (κ2) is 8.23. The minimum absolute atomic E-state index is 0.0454. The fraction of sp³-hybridized carbons (Fsp3) is 0.391. The van der Waals surface area contributed by atoms with E-state index < -0.39 is 0 Å². The summed E-state index contributed by atoms with van der Waals surface area (Å²) in [5, 5.41) is 7.78. The average molecular weight is 432 g/mol. The smallest absolute Gasteiger partial charge is 0.245 e. The van der Waals surface area contributed by atoms with Crippen molar-refractivity contribution >= 4 is 29.4 Å². The van der Waals surface area contributed by atoms with Crippen molar-refractivity contribution in [3.63, 3.8) is 0 Å². The first-order valence-electron chi connectivity index (χ1n) is 10.9. The van der Waals surface area contributed by atoms with Crippen LogP contribution >= 0.6 is 0 Å². The van der Waals surface area contributed by atoms with Gasteiger partial charge in [-0.25, -0.2) is 9.98 Å². The summed E-state index contributed by atoms with van der Waals surface area (Å²) >= 11 is 0. The highest BCUT2D eigenvalue weighted by Crippen LogP contribution is 2.33. The maximum absolute atomic E-state index is 12.4. The van der Waals surface area contributed by atoms with Crippen LogP contribution in [-0.4, -0.2) is 50.6 Å². The second-order valence-corrected chi connectivity index (χ2v) is 8.42. The second-order valence-electron chi connectivity index (χ2n) is 8.42. The topological polar surface area (TPSA) is 128 Å². The number of amides is 1. The number of ketones is 1. The summed E-state index contributed by atoms with van der Waals surface area (Å²) in [6, 6.07) is 3.93. The number of fused-ring (bicyclic) bond motifs is 1. The molecular formula is C23H25N7O2. The molecule has 1 fully saturated rings. The van der Waals surface area contributed by atoms with Crippen LogP contribution in [0.25, 0.3) is 16.8 Å². The fourth-order valence-corrected chi connectivity index (χ4v) is 4.59. The van der Waals surface area contributed by atoms with Gasteiger partial charge in [0.25, 0.3) is 0 Å². The maximum atomic E-state index is 12.4. The molecule has 0 radical (unpaired) electrons. The summed E-state index contributed by atoms with van der Waals surface area (Å²) in [6.07, 6.45) is 8.17. The number of carbonyl (C=O) groups excluding carboxylic acids is 2. The van der Waals surface area contributed by atoms with Crippen LogP contribution in [0, 0.1) is 0 Å². The Morgan fingerprint density at radius 2 is 2.00 bits per heavy atom. The first-order valence-corrected chi connectivity index (χ1v) is 10.9. The summed E-state index contributed by atoms with van der Waals surface area (Å²) in [6.45, 7) is 3.31. The van der Waals surface area contributed by atoms with Gasteiger partial charge in [-0.3, -0.25) is 14.6 Å². The van der Waals surface area contributed by atoms with Gasteiger partial charge < -0.3 is 11.1 Å². The van der Waals surface area contributed by atoms with Gasteiger partial charge in [0, 0.05) is 47.5 Å². The first kappa shape index (κ1) is 20.4. The van der Waals surface area contributed by atoms with E-state index in [1.165, 1.54) is 6.92 Å². The Balaban J connectivity index is 1.56. The first-order chi connectivity index (χ1) is 15.5. The Morgan fingerprint density at radius 3 is 2.66 bits per heavy atom. The molecule has 0 aliphatic carbocycles. The zero-order chi connectivity index (χ0) is 22.2. The van der Waals surface area contributed by atoms with Crippen LogP contribution in [0.4, 0.5) is 5.82 Å². The van der Waals surface area contributed by atoms with Crippen molar-refractivity contribution in [3.05, 3.63) is 41.5 Å². The summed E-state index contributed by atoms with van der Waals surface area (Å²) in [4.78, 5) is 37.2. The van der Waals surface area contributed by atoms with Gasteiger partial charge in [0.2, 0.25) is 5.91 Å². The van der Waals surface area contributed by atoms with Crippen molar-refractivity contribution < 1.29 is 9.59 Å². The number of hydrogen-bond donors (Lipinski definition) is 2. The van der Waals surface area contributed by atoms with E-state index >= 15 is 0 Å². The Morgan fingerprint density at radius 1 is 1.19 bits per heavy atom. The molecule has 3 aromatic heterocycles. The van der Waals surface area contributed by atoms with Crippen LogP contribution in [0.15, 0.2) is 29.5 Å². The maximum Gasteiger partial charge on any atom is 0.245 e. The molecular weight excluding hydrogens is 406 g/mol. The molecule has 9 nitrogen and oxygen atoms in total. The molecule has 0 spiro atoms. The third kappa shape index (κ3) is 3.58. The van der Waals surface area contributed by atoms with Crippen molar-refractivity contribution in [1.29, 1.82) is 0 Å². The number of pyridine rings is 1. The summed E-state index contributed by atoms with van der Waals surface area (Å²) in [7, 11) is 0. The third-order valence-electron chi connectivity index (χ3n) is 6.33. The molecule has 0 saturated carbocycles. The fourth-order valence-electron chi connectivity index (χ4n) is 4.59. The molecule has 0 bridgehead atoms. The van der Waals surface area contributed by atoms with Crippen molar-refractivity contribution in [3.8, 4) is 11.1 Å². The van der Waals surface area contributed by atoms with Crippen LogP contribution < -0.4 is 11.1 Å². The van der Waals surface area contributed by atoms with Crippen LogP contribution in [0.3, 0.4) is 0 Å². The van der Waals surface area contributed by atoms with E-state index in [0.29, 0.717) is 23.4 Å². The summed E-state index contributed by atoms with van der Waals surface area (Å²) in [5.74, 6) is 0.376. The molecule has 1 saturated heterocycles. The van der Waals surface area contributed by atoms with Gasteiger partial charge >= 0.3 is 0 Å². The number of rotatable bonds is 4. The van der Waals surface area contributed by atoms with Gasteiger partial charge in [-0.1, -0.05) is 6.07 Å². The van der Waals surface area contributed by atoms with Crippen molar-refractivity contribution in [2.75, 3.05) is 18.8 Å².